The normalized spacial score (nSPS) is 27.3. The summed E-state index contributed by atoms with van der Waals surface area (Å²) in [7, 11) is 0. The molecule has 1 amide bonds. The van der Waals surface area contributed by atoms with Crippen LogP contribution in [0.4, 0.5) is 0 Å². The second kappa shape index (κ2) is 3.45. The molecule has 0 aliphatic carbocycles. The largest absolute Gasteiger partial charge is 0.355 e. The van der Waals surface area contributed by atoms with E-state index < -0.39 is 0 Å². The zero-order valence-corrected chi connectivity index (χ0v) is 5.39. The standard InChI is InChI=1S/C6H12N2O/c9-5-8-6-2-1-3-7-4-6/h5-7H,1-4H2,(H,8,9)/t6-/m1/s1. The third-order valence-corrected chi connectivity index (χ3v) is 1.60. The molecule has 2 N–H and O–H groups in total. The number of hydrogen-bond acceptors (Lipinski definition) is 2. The van der Waals surface area contributed by atoms with Gasteiger partial charge in [-0.05, 0) is 19.4 Å². The van der Waals surface area contributed by atoms with E-state index in [9.17, 15) is 4.79 Å². The van der Waals surface area contributed by atoms with Crippen LogP contribution in [0.3, 0.4) is 0 Å². The van der Waals surface area contributed by atoms with Crippen molar-refractivity contribution in [2.24, 2.45) is 0 Å². The van der Waals surface area contributed by atoms with Crippen molar-refractivity contribution in [3.63, 3.8) is 0 Å². The van der Waals surface area contributed by atoms with Gasteiger partial charge in [0.15, 0.2) is 0 Å². The van der Waals surface area contributed by atoms with Gasteiger partial charge in [0, 0.05) is 12.6 Å². The average Bonchev–Trinajstić information content (AvgIpc) is 1.91. The van der Waals surface area contributed by atoms with Gasteiger partial charge in [0.2, 0.25) is 6.41 Å². The number of hydrogen-bond donors (Lipinski definition) is 2. The molecule has 1 heterocycles. The topological polar surface area (TPSA) is 41.1 Å². The SMILES string of the molecule is O=CN[C@@H]1CCCNC1. The van der Waals surface area contributed by atoms with E-state index in [2.05, 4.69) is 10.6 Å². The Hall–Kier alpha value is -0.570. The van der Waals surface area contributed by atoms with Crippen molar-refractivity contribution in [2.75, 3.05) is 13.1 Å². The van der Waals surface area contributed by atoms with Crippen LogP contribution in [0.15, 0.2) is 0 Å². The first-order chi connectivity index (χ1) is 4.43. The highest BCUT2D eigenvalue weighted by molar-refractivity contribution is 5.46. The van der Waals surface area contributed by atoms with Gasteiger partial charge in [0.1, 0.15) is 0 Å². The third kappa shape index (κ3) is 2.01. The molecule has 1 aliphatic heterocycles. The van der Waals surface area contributed by atoms with Crippen molar-refractivity contribution in [1.29, 1.82) is 0 Å². The van der Waals surface area contributed by atoms with Gasteiger partial charge >= 0.3 is 0 Å². The Morgan fingerprint density at radius 1 is 1.67 bits per heavy atom. The Bertz CT molecular complexity index is 89.1. The minimum Gasteiger partial charge on any atom is -0.355 e. The smallest absolute Gasteiger partial charge is 0.207 e. The van der Waals surface area contributed by atoms with Gasteiger partial charge in [-0.2, -0.15) is 0 Å². The van der Waals surface area contributed by atoms with E-state index in [1.807, 2.05) is 0 Å². The van der Waals surface area contributed by atoms with E-state index >= 15 is 0 Å². The van der Waals surface area contributed by atoms with Gasteiger partial charge < -0.3 is 10.6 Å². The van der Waals surface area contributed by atoms with Gasteiger partial charge in [-0.15, -0.1) is 0 Å². The van der Waals surface area contributed by atoms with Crippen molar-refractivity contribution in [3.05, 3.63) is 0 Å². The molecule has 1 rings (SSSR count). The maximum atomic E-state index is 9.93. The van der Waals surface area contributed by atoms with Gasteiger partial charge in [-0.25, -0.2) is 0 Å². The lowest BCUT2D eigenvalue weighted by Gasteiger charge is -2.21. The minimum absolute atomic E-state index is 0.372. The lowest BCUT2D eigenvalue weighted by Crippen LogP contribution is -2.42. The zero-order valence-electron chi connectivity index (χ0n) is 5.39. The quantitative estimate of drug-likeness (QED) is 0.491. The van der Waals surface area contributed by atoms with E-state index in [0.29, 0.717) is 6.04 Å². The number of piperidine rings is 1. The van der Waals surface area contributed by atoms with E-state index in [4.69, 9.17) is 0 Å². The molecule has 1 saturated heterocycles. The van der Waals surface area contributed by atoms with Crippen LogP contribution in [0.25, 0.3) is 0 Å². The van der Waals surface area contributed by atoms with Gasteiger partial charge in [-0.3, -0.25) is 4.79 Å². The van der Waals surface area contributed by atoms with Crippen LogP contribution in [0.1, 0.15) is 12.8 Å². The molecule has 0 saturated carbocycles. The van der Waals surface area contributed by atoms with E-state index in [1.54, 1.807) is 0 Å². The Kier molecular flexibility index (Phi) is 2.51. The van der Waals surface area contributed by atoms with Crippen molar-refractivity contribution < 1.29 is 4.79 Å². The van der Waals surface area contributed by atoms with Crippen molar-refractivity contribution >= 4 is 6.41 Å². The van der Waals surface area contributed by atoms with Crippen LogP contribution in [0, 0.1) is 0 Å². The summed E-state index contributed by atoms with van der Waals surface area (Å²) in [5, 5.41) is 5.94. The lowest BCUT2D eigenvalue weighted by molar-refractivity contribution is -0.110. The number of amides is 1. The fourth-order valence-corrected chi connectivity index (χ4v) is 1.09. The summed E-state index contributed by atoms with van der Waals surface area (Å²) in [6.07, 6.45) is 3.06. The highest BCUT2D eigenvalue weighted by atomic mass is 16.1. The van der Waals surface area contributed by atoms with E-state index in [-0.39, 0.29) is 0 Å². The van der Waals surface area contributed by atoms with Crippen molar-refractivity contribution in [3.8, 4) is 0 Å². The molecule has 0 bridgehead atoms. The maximum absolute atomic E-state index is 9.93. The highest BCUT2D eigenvalue weighted by Gasteiger charge is 2.09. The van der Waals surface area contributed by atoms with Crippen LogP contribution < -0.4 is 10.6 Å². The molecule has 3 nitrogen and oxygen atoms in total. The second-order valence-electron chi connectivity index (χ2n) is 2.33. The molecular formula is C6H12N2O. The van der Waals surface area contributed by atoms with Crippen LogP contribution in [-0.4, -0.2) is 25.5 Å². The molecule has 1 fully saturated rings. The summed E-state index contributed by atoms with van der Waals surface area (Å²) in [6, 6.07) is 0.372. The van der Waals surface area contributed by atoms with E-state index in [1.165, 1.54) is 6.42 Å². The maximum Gasteiger partial charge on any atom is 0.207 e. The van der Waals surface area contributed by atoms with Crippen LogP contribution in [0.2, 0.25) is 0 Å². The monoisotopic (exact) mass is 128 g/mol. The molecule has 0 radical (unpaired) electrons. The highest BCUT2D eigenvalue weighted by Crippen LogP contribution is 1.99. The molecule has 0 aromatic rings. The summed E-state index contributed by atoms with van der Waals surface area (Å²) in [6.45, 7) is 2.02. The summed E-state index contributed by atoms with van der Waals surface area (Å²) in [5.74, 6) is 0. The zero-order chi connectivity index (χ0) is 6.53. The number of nitrogens with one attached hydrogen (secondary N) is 2. The first-order valence-corrected chi connectivity index (χ1v) is 3.34. The Balaban J connectivity index is 2.15. The fraction of sp³-hybridized carbons (Fsp3) is 0.833. The van der Waals surface area contributed by atoms with Crippen LogP contribution in [-0.2, 0) is 4.79 Å². The molecule has 0 spiro atoms. The predicted molar refractivity (Wildman–Crippen MR) is 35.1 cm³/mol. The Morgan fingerprint density at radius 2 is 2.56 bits per heavy atom. The number of carbonyl (C=O) groups is 1. The summed E-state index contributed by atoms with van der Waals surface area (Å²) in [4.78, 5) is 9.93. The summed E-state index contributed by atoms with van der Waals surface area (Å²) >= 11 is 0. The Morgan fingerprint density at radius 3 is 3.11 bits per heavy atom. The lowest BCUT2D eigenvalue weighted by atomic mass is 10.1. The molecule has 9 heavy (non-hydrogen) atoms. The minimum atomic E-state index is 0.372. The molecule has 0 unspecified atom stereocenters. The average molecular weight is 128 g/mol. The summed E-state index contributed by atoms with van der Waals surface area (Å²) < 4.78 is 0. The first-order valence-electron chi connectivity index (χ1n) is 3.34. The molecule has 52 valence electrons. The van der Waals surface area contributed by atoms with Crippen molar-refractivity contribution in [2.45, 2.75) is 18.9 Å². The molecular weight excluding hydrogens is 116 g/mol. The second-order valence-corrected chi connectivity index (χ2v) is 2.33. The number of rotatable bonds is 2. The number of carbonyl (C=O) groups excluding carboxylic acids is 1. The molecule has 0 aromatic carbocycles. The predicted octanol–water partition coefficient (Wildman–Crippen LogP) is -0.516. The van der Waals surface area contributed by atoms with E-state index in [0.717, 1.165) is 25.9 Å². The molecule has 1 aliphatic rings. The molecule has 3 heteroatoms. The van der Waals surface area contributed by atoms with Gasteiger partial charge in [0.25, 0.3) is 0 Å². The Labute approximate surface area is 54.8 Å². The fourth-order valence-electron chi connectivity index (χ4n) is 1.09. The van der Waals surface area contributed by atoms with Gasteiger partial charge in [-0.1, -0.05) is 0 Å². The van der Waals surface area contributed by atoms with Gasteiger partial charge in [0.05, 0.1) is 0 Å². The summed E-state index contributed by atoms with van der Waals surface area (Å²) in [5.41, 5.74) is 0. The molecule has 0 aromatic heterocycles. The van der Waals surface area contributed by atoms with Crippen molar-refractivity contribution in [1.82, 2.24) is 10.6 Å². The first kappa shape index (κ1) is 6.55. The third-order valence-electron chi connectivity index (χ3n) is 1.60. The van der Waals surface area contributed by atoms with Crippen LogP contribution >= 0.6 is 0 Å². The molecule has 1 atom stereocenters. The van der Waals surface area contributed by atoms with Crippen LogP contribution in [0.5, 0.6) is 0 Å².